The number of nitriles is 1. The van der Waals surface area contributed by atoms with Gasteiger partial charge in [0.05, 0.1) is 38.4 Å². The van der Waals surface area contributed by atoms with Crippen molar-refractivity contribution >= 4 is 108 Å². The van der Waals surface area contributed by atoms with E-state index in [9.17, 15) is 29.3 Å². The van der Waals surface area contributed by atoms with Gasteiger partial charge in [0, 0.05) is 83.2 Å². The lowest BCUT2D eigenvalue weighted by Gasteiger charge is -1.94. The SMILES string of the molecule is C.C.C.C.C.CC(=O)Nc1nc2ccccc2[nH]1.CC(=O)O.CC(=O)O.CCN.CCNC(C)=O.CCNC(C)=O.CCNC(C)=O.N#CBr.Nc1ccccc1N.Nc1ccccc1[N+](=O)[O-].Nc1nc2ccccc2[nH]1. The molecule has 4 aromatic carbocycles. The molecule has 4 amide bonds. The van der Waals surface area contributed by atoms with Crippen LogP contribution in [0.4, 0.5) is 34.6 Å². The number of para-hydroxylation sites is 8. The molecule has 6 aromatic rings. The fourth-order valence-corrected chi connectivity index (χ4v) is 4.06. The molecule has 0 atom stereocenters. The summed E-state index contributed by atoms with van der Waals surface area (Å²) in [4.78, 5) is 83.8. The first-order chi connectivity index (χ1) is 34.2. The third-order valence-electron chi connectivity index (χ3n) is 6.50. The van der Waals surface area contributed by atoms with Crippen molar-refractivity contribution in [3.8, 4) is 4.98 Å². The van der Waals surface area contributed by atoms with Gasteiger partial charge in [0.25, 0.3) is 17.6 Å². The Hall–Kier alpha value is -8.83. The molecule has 0 aliphatic rings. The number of nitro benzene ring substituents is 1. The van der Waals surface area contributed by atoms with Crippen LogP contribution in [0, 0.1) is 20.4 Å². The zero-order valence-electron chi connectivity index (χ0n) is 42.8. The number of rotatable bonds is 5. The Morgan fingerprint density at radius 3 is 1.09 bits per heavy atom. The van der Waals surface area contributed by atoms with E-state index in [1.54, 1.807) is 29.2 Å². The van der Waals surface area contributed by atoms with Crippen molar-refractivity contribution < 1.29 is 43.9 Å². The summed E-state index contributed by atoms with van der Waals surface area (Å²) < 4.78 is 0. The summed E-state index contributed by atoms with van der Waals surface area (Å²) in [7, 11) is 0. The van der Waals surface area contributed by atoms with Gasteiger partial charge in [0.1, 0.15) is 10.7 Å². The monoisotopic (exact) mass is 1170 g/mol. The Bertz CT molecular complexity index is 2370. The van der Waals surface area contributed by atoms with Crippen molar-refractivity contribution in [1.82, 2.24) is 35.9 Å². The number of carbonyl (C=O) groups is 6. The quantitative estimate of drug-likeness (QED) is 0.0434. The first kappa shape index (κ1) is 91.8. The standard InChI is InChI=1S/C9H9N3O.C7H7N3.C6H6N2O2.C6H8N2.3C4H9NO.C2H7N.2C2H4O2.CBrN.5CH4/c1-6(13)10-9-11-7-4-2-3-5-8(7)12-9;8-7-9-5-3-1-2-4-6(5)10-7;7-5-3-1-2-4-6(5)8(9)10;7-5-3-1-2-4-6(5)8;3*1-3-5-4(2)6;1-2-3;2*1-2(3)4;2-1-3;;;;;/h2-5H,1H3,(H2,10,11,12,13);1-4H,(H3,8,9,10);1-4H,7H2;1-4H,7-8H2;3*3H2,1-2H3,(H,5,6);2-3H2,1H3;2*1H3,(H,3,4);;5*1H4. The summed E-state index contributed by atoms with van der Waals surface area (Å²) in [5.74, 6) is -0.707. The fraction of sp³-hybridized carbons (Fsp3) is 0.365. The minimum atomic E-state index is -0.833. The Balaban J connectivity index is -0.0000000834. The molecule has 0 fully saturated rings. The van der Waals surface area contributed by atoms with Crippen molar-refractivity contribution in [1.29, 1.82) is 5.26 Å². The van der Waals surface area contributed by atoms with E-state index in [-0.39, 0.29) is 72.1 Å². The van der Waals surface area contributed by atoms with Gasteiger partial charge in [-0.25, -0.2) is 9.97 Å². The summed E-state index contributed by atoms with van der Waals surface area (Å²) in [5, 5.41) is 42.5. The number of anilines is 5. The van der Waals surface area contributed by atoms with Gasteiger partial charge in [-0.3, -0.25) is 44.2 Å². The summed E-state index contributed by atoms with van der Waals surface area (Å²) >= 11 is 2.45. The molecule has 0 radical (unpaired) electrons. The third-order valence-corrected chi connectivity index (χ3v) is 6.50. The van der Waals surface area contributed by atoms with Crippen LogP contribution in [-0.2, 0) is 28.8 Å². The van der Waals surface area contributed by atoms with Gasteiger partial charge in [-0.1, -0.05) is 92.6 Å². The number of nitro groups is 1. The number of nitrogens with one attached hydrogen (secondary N) is 6. The summed E-state index contributed by atoms with van der Waals surface area (Å²) in [5.41, 5.74) is 31.5. The number of nitrogen functional groups attached to an aromatic ring is 4. The van der Waals surface area contributed by atoms with Gasteiger partial charge in [-0.2, -0.15) is 5.26 Å². The average molecular weight is 1170 g/mol. The first-order valence-corrected chi connectivity index (χ1v) is 22.4. The van der Waals surface area contributed by atoms with Crippen LogP contribution in [0.5, 0.6) is 0 Å². The maximum Gasteiger partial charge on any atom is 0.300 e. The van der Waals surface area contributed by atoms with Crippen LogP contribution in [0.2, 0.25) is 0 Å². The molecule has 25 nitrogen and oxygen atoms in total. The number of benzene rings is 4. The number of aromatic nitrogens is 4. The van der Waals surface area contributed by atoms with E-state index in [2.05, 4.69) is 57.1 Å². The second-order valence-electron chi connectivity index (χ2n) is 13.2. The van der Waals surface area contributed by atoms with Gasteiger partial charge in [-0.05, 0) is 69.8 Å². The van der Waals surface area contributed by atoms with E-state index < -0.39 is 16.9 Å². The van der Waals surface area contributed by atoms with E-state index in [0.717, 1.165) is 62.1 Å². The molecular weight excluding hydrogens is 1070 g/mol. The highest BCUT2D eigenvalue weighted by atomic mass is 79.9. The maximum atomic E-state index is 10.7. The molecule has 442 valence electrons. The van der Waals surface area contributed by atoms with Gasteiger partial charge >= 0.3 is 0 Å². The number of aromatic amines is 2. The number of nitrogens with two attached hydrogens (primary N) is 5. The second-order valence-corrected chi connectivity index (χ2v) is 13.5. The molecule has 6 rings (SSSR count). The van der Waals surface area contributed by atoms with E-state index in [0.29, 0.717) is 23.3 Å². The van der Waals surface area contributed by atoms with Crippen LogP contribution in [-0.4, -0.2) is 96.8 Å². The first-order valence-electron chi connectivity index (χ1n) is 21.6. The van der Waals surface area contributed by atoms with Crippen molar-refractivity contribution in [2.45, 2.75) is 106 Å². The molecule has 2 aromatic heterocycles. The molecule has 18 N–H and O–H groups in total. The number of nitrogens with zero attached hydrogens (tertiary/aromatic N) is 4. The van der Waals surface area contributed by atoms with E-state index >= 15 is 0 Å². The van der Waals surface area contributed by atoms with Gasteiger partial charge in [-0.15, -0.1) is 0 Å². The highest BCUT2D eigenvalue weighted by Gasteiger charge is 2.07. The Kier molecular flexibility index (Phi) is 71.5. The smallest absolute Gasteiger partial charge is 0.300 e. The lowest BCUT2D eigenvalue weighted by Crippen LogP contribution is -2.18. The highest BCUT2D eigenvalue weighted by molar-refractivity contribution is 9.12. The van der Waals surface area contributed by atoms with Crippen molar-refractivity contribution in [2.75, 3.05) is 54.4 Å². The van der Waals surface area contributed by atoms with Gasteiger partial charge in [0.15, 0.2) is 5.95 Å². The fourth-order valence-electron chi connectivity index (χ4n) is 4.06. The number of hydrogen-bond donors (Lipinski definition) is 13. The van der Waals surface area contributed by atoms with Crippen LogP contribution >= 0.6 is 15.9 Å². The maximum absolute atomic E-state index is 10.7. The summed E-state index contributed by atoms with van der Waals surface area (Å²) in [6, 6.07) is 28.7. The average Bonchev–Trinajstić information content (AvgIpc) is 3.88. The summed E-state index contributed by atoms with van der Waals surface area (Å²) in [6.45, 7) is 18.6. The lowest BCUT2D eigenvalue weighted by atomic mass is 10.3. The topological polar surface area (TPSA) is 445 Å². The van der Waals surface area contributed by atoms with Crippen molar-refractivity contribution in [3.63, 3.8) is 0 Å². The lowest BCUT2D eigenvalue weighted by molar-refractivity contribution is -0.383. The van der Waals surface area contributed by atoms with Gasteiger partial charge in [0.2, 0.25) is 29.6 Å². The molecule has 78 heavy (non-hydrogen) atoms. The predicted molar refractivity (Wildman–Crippen MR) is 326 cm³/mol. The highest BCUT2D eigenvalue weighted by Crippen LogP contribution is 2.18. The Morgan fingerprint density at radius 2 is 0.859 bits per heavy atom. The van der Waals surface area contributed by atoms with Crippen molar-refractivity contribution in [2.24, 2.45) is 5.73 Å². The zero-order chi connectivity index (χ0) is 57.3. The predicted octanol–water partition coefficient (Wildman–Crippen LogP) is 9.31. The number of fused-ring (bicyclic) bond motifs is 2. The number of hydrogen-bond acceptors (Lipinski definition) is 16. The van der Waals surface area contributed by atoms with Crippen LogP contribution in [0.1, 0.15) is 106 Å². The largest absolute Gasteiger partial charge is 0.481 e. The minimum absolute atomic E-state index is 0. The van der Waals surface area contributed by atoms with E-state index in [1.165, 1.54) is 39.8 Å². The van der Waals surface area contributed by atoms with Crippen LogP contribution in [0.3, 0.4) is 0 Å². The Labute approximate surface area is 470 Å². The molecule has 26 heteroatoms. The molecule has 0 aliphatic heterocycles. The molecule has 0 aliphatic carbocycles. The number of H-pyrrole nitrogens is 2. The molecule has 0 unspecified atom stereocenters. The van der Waals surface area contributed by atoms with E-state index in [1.807, 2.05) is 88.4 Å². The van der Waals surface area contributed by atoms with Crippen LogP contribution in [0.25, 0.3) is 22.1 Å². The second kappa shape index (κ2) is 60.7. The normalized spacial score (nSPS) is 7.88. The summed E-state index contributed by atoms with van der Waals surface area (Å²) in [6.07, 6.45) is 0. The Morgan fingerprint density at radius 1 is 0.577 bits per heavy atom. The van der Waals surface area contributed by atoms with Crippen molar-refractivity contribution in [3.05, 3.63) is 107 Å². The zero-order valence-corrected chi connectivity index (χ0v) is 44.4. The van der Waals surface area contributed by atoms with Crippen LogP contribution < -0.4 is 49.9 Å². The molecule has 0 saturated heterocycles. The number of carboxylic acids is 2. The molecule has 2 heterocycles. The molecular formula is C52H92BrN15O10. The van der Waals surface area contributed by atoms with E-state index in [4.69, 9.17) is 53.7 Å². The number of amides is 4. The number of halogens is 1. The molecule has 0 bridgehead atoms. The number of imidazole rings is 2. The number of aliphatic carboxylic acids is 2. The molecule has 0 spiro atoms. The van der Waals surface area contributed by atoms with Crippen LogP contribution in [0.15, 0.2) is 97.1 Å². The third kappa shape index (κ3) is 63.3. The molecule has 0 saturated carbocycles. The van der Waals surface area contributed by atoms with Gasteiger partial charge < -0.3 is 64.8 Å². The number of carboxylic acid groups (broad SMARTS) is 2. The number of carbonyl (C=O) groups excluding carboxylic acids is 4. The minimum Gasteiger partial charge on any atom is -0.481 e.